The highest BCUT2D eigenvalue weighted by Gasteiger charge is 2.29. The van der Waals surface area contributed by atoms with E-state index in [9.17, 15) is 19.8 Å². The number of carbonyl (C=O) groups excluding carboxylic acids is 1. The Kier molecular flexibility index (Phi) is 3.99. The molecule has 1 heterocycles. The van der Waals surface area contributed by atoms with Crippen LogP contribution in [0, 0.1) is 0 Å². The lowest BCUT2D eigenvalue weighted by atomic mass is 9.95. The summed E-state index contributed by atoms with van der Waals surface area (Å²) in [6.07, 6.45) is -0.666. The van der Waals surface area contributed by atoms with Crippen molar-refractivity contribution in [2.24, 2.45) is 0 Å². The lowest BCUT2D eigenvalue weighted by Crippen LogP contribution is -2.20. The number of ether oxygens (including phenoxy) is 2. The second-order valence-corrected chi connectivity index (χ2v) is 5.32. The van der Waals surface area contributed by atoms with Crippen molar-refractivity contribution in [3.8, 4) is 23.0 Å². The summed E-state index contributed by atoms with van der Waals surface area (Å²) in [5, 5.41) is 27.9. The first-order chi connectivity index (χ1) is 11.4. The molecule has 0 amide bonds. The van der Waals surface area contributed by atoms with E-state index >= 15 is 0 Å². The monoisotopic (exact) mass is 330 g/mol. The lowest BCUT2D eigenvalue weighted by molar-refractivity contribution is -0.139. The minimum atomic E-state index is -1.11. The van der Waals surface area contributed by atoms with Gasteiger partial charge in [-0.2, -0.15) is 0 Å². The summed E-state index contributed by atoms with van der Waals surface area (Å²) in [4.78, 5) is 22.8. The molecule has 1 aliphatic rings. The molecule has 3 N–H and O–H groups in total. The van der Waals surface area contributed by atoms with Gasteiger partial charge in [0.1, 0.15) is 29.1 Å². The topological polar surface area (TPSA) is 113 Å². The second-order valence-electron chi connectivity index (χ2n) is 5.32. The Hall–Kier alpha value is -3.22. The van der Waals surface area contributed by atoms with Gasteiger partial charge in [-0.05, 0) is 24.3 Å². The average Bonchev–Trinajstić information content (AvgIpc) is 2.52. The number of ketones is 1. The van der Waals surface area contributed by atoms with Crippen molar-refractivity contribution in [1.29, 1.82) is 0 Å². The van der Waals surface area contributed by atoms with Crippen LogP contribution in [0.4, 0.5) is 0 Å². The van der Waals surface area contributed by atoms with Crippen LogP contribution in [0.3, 0.4) is 0 Å². The minimum Gasteiger partial charge on any atom is -0.508 e. The highest BCUT2D eigenvalue weighted by atomic mass is 16.5. The van der Waals surface area contributed by atoms with Gasteiger partial charge in [0.2, 0.25) is 0 Å². The van der Waals surface area contributed by atoms with E-state index < -0.39 is 18.7 Å². The molecule has 0 aromatic heterocycles. The Labute approximate surface area is 136 Å². The van der Waals surface area contributed by atoms with Gasteiger partial charge in [0.05, 0.1) is 12.0 Å². The van der Waals surface area contributed by atoms with Crippen molar-refractivity contribution in [2.75, 3.05) is 6.61 Å². The van der Waals surface area contributed by atoms with Crippen LogP contribution in [-0.4, -0.2) is 33.7 Å². The molecule has 2 aromatic carbocycles. The first-order valence-corrected chi connectivity index (χ1v) is 7.14. The van der Waals surface area contributed by atoms with Crippen molar-refractivity contribution < 1.29 is 34.4 Å². The van der Waals surface area contributed by atoms with Crippen molar-refractivity contribution in [1.82, 2.24) is 0 Å². The van der Waals surface area contributed by atoms with Gasteiger partial charge in [0.25, 0.3) is 0 Å². The number of phenols is 2. The van der Waals surface area contributed by atoms with E-state index in [-0.39, 0.29) is 35.2 Å². The third kappa shape index (κ3) is 3.10. The van der Waals surface area contributed by atoms with Crippen molar-refractivity contribution in [2.45, 2.75) is 12.5 Å². The first-order valence-electron chi connectivity index (χ1n) is 7.14. The van der Waals surface area contributed by atoms with Crippen LogP contribution >= 0.6 is 0 Å². The molecular formula is C17H14O7. The number of aromatic hydroxyl groups is 2. The largest absolute Gasteiger partial charge is 0.508 e. The van der Waals surface area contributed by atoms with E-state index in [1.54, 1.807) is 0 Å². The van der Waals surface area contributed by atoms with Crippen LogP contribution in [-0.2, 0) is 4.79 Å². The molecular weight excluding hydrogens is 316 g/mol. The zero-order valence-electron chi connectivity index (χ0n) is 12.4. The SMILES string of the molecule is O=C(O)COc1ccc2c(c1)OC(c1ccc(O)cc1O)CC2=O. The number of carboxylic acid groups (broad SMARTS) is 1. The molecule has 24 heavy (non-hydrogen) atoms. The Morgan fingerprint density at radius 2 is 2.00 bits per heavy atom. The summed E-state index contributed by atoms with van der Waals surface area (Å²) in [5.74, 6) is -1.03. The zero-order chi connectivity index (χ0) is 17.3. The molecule has 1 aliphatic heterocycles. The van der Waals surface area contributed by atoms with Crippen LogP contribution in [0.5, 0.6) is 23.0 Å². The fourth-order valence-corrected chi connectivity index (χ4v) is 2.52. The van der Waals surface area contributed by atoms with Crippen LogP contribution in [0.15, 0.2) is 36.4 Å². The van der Waals surface area contributed by atoms with E-state index in [1.807, 2.05) is 0 Å². The number of phenolic OH excluding ortho intramolecular Hbond substituents is 2. The second kappa shape index (κ2) is 6.11. The maximum atomic E-state index is 12.3. The molecule has 0 spiro atoms. The van der Waals surface area contributed by atoms with Gasteiger partial charge in [0, 0.05) is 17.7 Å². The minimum absolute atomic E-state index is 0.0423. The number of aliphatic carboxylic acids is 1. The molecule has 7 nitrogen and oxygen atoms in total. The van der Waals surface area contributed by atoms with Crippen LogP contribution in [0.25, 0.3) is 0 Å². The predicted octanol–water partition coefficient (Wildman–Crippen LogP) is 2.27. The highest BCUT2D eigenvalue weighted by Crippen LogP contribution is 2.40. The fraction of sp³-hybridized carbons (Fsp3) is 0.176. The Balaban J connectivity index is 1.89. The van der Waals surface area contributed by atoms with Gasteiger partial charge in [-0.3, -0.25) is 4.79 Å². The molecule has 1 atom stereocenters. The van der Waals surface area contributed by atoms with Gasteiger partial charge in [-0.1, -0.05) is 0 Å². The zero-order valence-corrected chi connectivity index (χ0v) is 12.4. The van der Waals surface area contributed by atoms with E-state index in [1.165, 1.54) is 36.4 Å². The molecule has 0 radical (unpaired) electrons. The first kappa shape index (κ1) is 15.7. The molecule has 1 unspecified atom stereocenters. The Bertz CT molecular complexity index is 813. The summed E-state index contributed by atoms with van der Waals surface area (Å²) in [5.41, 5.74) is 0.746. The summed E-state index contributed by atoms with van der Waals surface area (Å²) >= 11 is 0. The van der Waals surface area contributed by atoms with E-state index in [0.717, 1.165) is 0 Å². The summed E-state index contributed by atoms with van der Waals surface area (Å²) in [6.45, 7) is -0.505. The molecule has 0 saturated carbocycles. The molecule has 7 heteroatoms. The number of carbonyl (C=O) groups is 2. The maximum Gasteiger partial charge on any atom is 0.341 e. The molecule has 0 aliphatic carbocycles. The van der Waals surface area contributed by atoms with E-state index in [4.69, 9.17) is 14.6 Å². The smallest absolute Gasteiger partial charge is 0.341 e. The van der Waals surface area contributed by atoms with Crippen molar-refractivity contribution >= 4 is 11.8 Å². The van der Waals surface area contributed by atoms with Crippen LogP contribution in [0.2, 0.25) is 0 Å². The van der Waals surface area contributed by atoms with Gasteiger partial charge >= 0.3 is 5.97 Å². The van der Waals surface area contributed by atoms with E-state index in [0.29, 0.717) is 11.1 Å². The number of benzene rings is 2. The van der Waals surface area contributed by atoms with Gasteiger partial charge in [-0.15, -0.1) is 0 Å². The maximum absolute atomic E-state index is 12.3. The molecule has 2 aromatic rings. The summed E-state index contributed by atoms with van der Waals surface area (Å²) in [6, 6.07) is 8.51. The quantitative estimate of drug-likeness (QED) is 0.788. The number of Topliss-reactive ketones (excluding diaryl/α,β-unsaturated/α-hetero) is 1. The van der Waals surface area contributed by atoms with Gasteiger partial charge in [0.15, 0.2) is 12.4 Å². The summed E-state index contributed by atoms with van der Waals surface area (Å²) in [7, 11) is 0. The molecule has 0 bridgehead atoms. The molecule has 0 saturated heterocycles. The van der Waals surface area contributed by atoms with Gasteiger partial charge in [-0.25, -0.2) is 4.79 Å². The van der Waals surface area contributed by atoms with E-state index in [2.05, 4.69) is 0 Å². The number of carboxylic acids is 1. The highest BCUT2D eigenvalue weighted by molar-refractivity contribution is 6.00. The number of fused-ring (bicyclic) bond motifs is 1. The molecule has 0 fully saturated rings. The van der Waals surface area contributed by atoms with Crippen LogP contribution in [0.1, 0.15) is 28.4 Å². The molecule has 124 valence electrons. The van der Waals surface area contributed by atoms with Gasteiger partial charge < -0.3 is 24.8 Å². The normalized spacial score (nSPS) is 16.2. The average molecular weight is 330 g/mol. The van der Waals surface area contributed by atoms with Crippen molar-refractivity contribution in [3.63, 3.8) is 0 Å². The number of hydrogen-bond donors (Lipinski definition) is 3. The van der Waals surface area contributed by atoms with Crippen LogP contribution < -0.4 is 9.47 Å². The third-order valence-electron chi connectivity index (χ3n) is 3.62. The standard InChI is InChI=1S/C17H14O7/c18-9-1-3-11(13(19)5-9)16-7-14(20)12-4-2-10(6-15(12)24-16)23-8-17(21)22/h1-6,16,18-19H,7-8H2,(H,21,22). The number of hydrogen-bond acceptors (Lipinski definition) is 6. The Morgan fingerprint density at radius 3 is 2.71 bits per heavy atom. The summed E-state index contributed by atoms with van der Waals surface area (Å²) < 4.78 is 10.8. The number of rotatable bonds is 4. The fourth-order valence-electron chi connectivity index (χ4n) is 2.52. The molecule has 3 rings (SSSR count). The Morgan fingerprint density at radius 1 is 1.21 bits per heavy atom. The third-order valence-corrected chi connectivity index (χ3v) is 3.62. The van der Waals surface area contributed by atoms with Crippen molar-refractivity contribution in [3.05, 3.63) is 47.5 Å². The predicted molar refractivity (Wildman–Crippen MR) is 81.7 cm³/mol. The lowest BCUT2D eigenvalue weighted by Gasteiger charge is -2.26.